The molecule has 0 aliphatic carbocycles. The fourth-order valence-electron chi connectivity index (χ4n) is 1.66. The summed E-state index contributed by atoms with van der Waals surface area (Å²) in [7, 11) is 0. The van der Waals surface area contributed by atoms with E-state index in [2.05, 4.69) is 18.8 Å². The second kappa shape index (κ2) is 5.64. The summed E-state index contributed by atoms with van der Waals surface area (Å²) in [6, 6.07) is 3.75. The lowest BCUT2D eigenvalue weighted by molar-refractivity contribution is 0.0962. The zero-order valence-corrected chi connectivity index (χ0v) is 9.79. The van der Waals surface area contributed by atoms with Gasteiger partial charge < -0.3 is 0 Å². The number of hydrogen-bond acceptors (Lipinski definition) is 2. The molecule has 0 aromatic carbocycles. The van der Waals surface area contributed by atoms with Crippen LogP contribution in [0, 0.1) is 12.8 Å². The molecule has 2 nitrogen and oxygen atoms in total. The van der Waals surface area contributed by atoms with Gasteiger partial charge in [-0.25, -0.2) is 0 Å². The first-order valence-electron chi connectivity index (χ1n) is 5.59. The molecule has 0 N–H and O–H groups in total. The first-order chi connectivity index (χ1) is 7.13. The molecule has 82 valence electrons. The normalized spacial score (nSPS) is 12.5. The third kappa shape index (κ3) is 3.82. The highest BCUT2D eigenvalue weighted by Crippen LogP contribution is 2.14. The van der Waals surface area contributed by atoms with Crippen molar-refractivity contribution in [2.75, 3.05) is 0 Å². The van der Waals surface area contributed by atoms with Crippen LogP contribution < -0.4 is 0 Å². The maximum absolute atomic E-state index is 11.8. The molecule has 1 aromatic heterocycles. The predicted molar refractivity (Wildman–Crippen MR) is 62.0 cm³/mol. The fourth-order valence-corrected chi connectivity index (χ4v) is 1.66. The molecule has 2 heteroatoms. The minimum absolute atomic E-state index is 0.212. The molecule has 0 saturated heterocycles. The van der Waals surface area contributed by atoms with Gasteiger partial charge in [0.25, 0.3) is 0 Å². The van der Waals surface area contributed by atoms with E-state index in [1.165, 1.54) is 0 Å². The quantitative estimate of drug-likeness (QED) is 0.689. The summed E-state index contributed by atoms with van der Waals surface area (Å²) in [5, 5.41) is 0. The average Bonchev–Trinajstić information content (AvgIpc) is 2.18. The first-order valence-corrected chi connectivity index (χ1v) is 5.59. The highest BCUT2D eigenvalue weighted by atomic mass is 16.1. The Morgan fingerprint density at radius 2 is 2.20 bits per heavy atom. The molecule has 15 heavy (non-hydrogen) atoms. The molecule has 1 heterocycles. The number of pyridine rings is 1. The van der Waals surface area contributed by atoms with Gasteiger partial charge >= 0.3 is 0 Å². The Bertz CT molecular complexity index is 316. The van der Waals surface area contributed by atoms with E-state index in [4.69, 9.17) is 0 Å². The van der Waals surface area contributed by atoms with Gasteiger partial charge in [-0.05, 0) is 25.0 Å². The summed E-state index contributed by atoms with van der Waals surface area (Å²) in [6.07, 6.45) is 4.57. The van der Waals surface area contributed by atoms with Crippen LogP contribution in [-0.4, -0.2) is 10.8 Å². The van der Waals surface area contributed by atoms with Crippen molar-refractivity contribution in [3.8, 4) is 0 Å². The molecule has 1 rings (SSSR count). The van der Waals surface area contributed by atoms with Gasteiger partial charge in [0.15, 0.2) is 5.78 Å². The van der Waals surface area contributed by atoms with Crippen molar-refractivity contribution in [3.63, 3.8) is 0 Å². The molecule has 0 radical (unpaired) electrons. The highest BCUT2D eigenvalue weighted by Gasteiger charge is 2.10. The van der Waals surface area contributed by atoms with Crippen molar-refractivity contribution < 1.29 is 4.79 Å². The number of hydrogen-bond donors (Lipinski definition) is 0. The molecule has 0 bridgehead atoms. The Morgan fingerprint density at radius 1 is 1.47 bits per heavy atom. The average molecular weight is 205 g/mol. The SMILES string of the molecule is CCCC(C)CC(=O)c1ccc(C)nc1. The second-order valence-electron chi connectivity index (χ2n) is 4.21. The largest absolute Gasteiger partial charge is 0.294 e. The lowest BCUT2D eigenvalue weighted by atomic mass is 9.97. The molecular formula is C13H19NO. The van der Waals surface area contributed by atoms with Crippen molar-refractivity contribution in [1.29, 1.82) is 0 Å². The topological polar surface area (TPSA) is 30.0 Å². The van der Waals surface area contributed by atoms with Crippen LogP contribution in [-0.2, 0) is 0 Å². The Kier molecular flexibility index (Phi) is 4.47. The molecule has 0 spiro atoms. The molecule has 0 aliphatic heterocycles. The van der Waals surface area contributed by atoms with Crippen LogP contribution in [0.1, 0.15) is 49.2 Å². The molecule has 1 unspecified atom stereocenters. The van der Waals surface area contributed by atoms with Gasteiger partial charge in [-0.15, -0.1) is 0 Å². The van der Waals surface area contributed by atoms with Crippen molar-refractivity contribution in [1.82, 2.24) is 4.98 Å². The summed E-state index contributed by atoms with van der Waals surface area (Å²) in [5.74, 6) is 0.687. The number of ketones is 1. The van der Waals surface area contributed by atoms with Gasteiger partial charge in [0.05, 0.1) is 0 Å². The Balaban J connectivity index is 2.57. The van der Waals surface area contributed by atoms with Crippen LogP contribution in [0.4, 0.5) is 0 Å². The molecule has 0 fully saturated rings. The lowest BCUT2D eigenvalue weighted by Gasteiger charge is -2.08. The predicted octanol–water partition coefficient (Wildman–Crippen LogP) is 3.40. The van der Waals surface area contributed by atoms with Gasteiger partial charge in [-0.1, -0.05) is 26.7 Å². The van der Waals surface area contributed by atoms with Crippen molar-refractivity contribution >= 4 is 5.78 Å². The number of aryl methyl sites for hydroxylation is 1. The van der Waals surface area contributed by atoms with E-state index in [1.807, 2.05) is 19.1 Å². The van der Waals surface area contributed by atoms with Crippen LogP contribution in [0.25, 0.3) is 0 Å². The zero-order chi connectivity index (χ0) is 11.3. The standard InChI is InChI=1S/C13H19NO/c1-4-5-10(2)8-13(15)12-7-6-11(3)14-9-12/h6-7,9-10H,4-5,8H2,1-3H3. The van der Waals surface area contributed by atoms with Crippen LogP contribution in [0.15, 0.2) is 18.3 Å². The first kappa shape index (κ1) is 11.9. The van der Waals surface area contributed by atoms with Crippen LogP contribution >= 0.6 is 0 Å². The Labute approximate surface area is 91.7 Å². The van der Waals surface area contributed by atoms with Gasteiger partial charge in [0, 0.05) is 23.9 Å². The Hall–Kier alpha value is -1.18. The summed E-state index contributed by atoms with van der Waals surface area (Å²) in [4.78, 5) is 15.9. The number of nitrogens with zero attached hydrogens (tertiary/aromatic N) is 1. The maximum atomic E-state index is 11.8. The van der Waals surface area contributed by atoms with Crippen LogP contribution in [0.2, 0.25) is 0 Å². The van der Waals surface area contributed by atoms with E-state index in [9.17, 15) is 4.79 Å². The van der Waals surface area contributed by atoms with E-state index in [0.717, 1.165) is 24.1 Å². The van der Waals surface area contributed by atoms with E-state index < -0.39 is 0 Å². The summed E-state index contributed by atoms with van der Waals surface area (Å²) >= 11 is 0. The molecule has 1 atom stereocenters. The zero-order valence-electron chi connectivity index (χ0n) is 9.79. The van der Waals surface area contributed by atoms with E-state index in [0.29, 0.717) is 12.3 Å². The van der Waals surface area contributed by atoms with Crippen molar-refractivity contribution in [3.05, 3.63) is 29.6 Å². The van der Waals surface area contributed by atoms with E-state index >= 15 is 0 Å². The number of carbonyl (C=O) groups is 1. The third-order valence-corrected chi connectivity index (χ3v) is 2.55. The molecule has 0 saturated carbocycles. The smallest absolute Gasteiger partial charge is 0.164 e. The summed E-state index contributed by atoms with van der Waals surface area (Å²) in [6.45, 7) is 6.20. The molecule has 0 amide bonds. The molecular weight excluding hydrogens is 186 g/mol. The van der Waals surface area contributed by atoms with Gasteiger partial charge in [-0.3, -0.25) is 9.78 Å². The minimum Gasteiger partial charge on any atom is -0.294 e. The van der Waals surface area contributed by atoms with E-state index in [1.54, 1.807) is 6.20 Å². The maximum Gasteiger partial charge on any atom is 0.164 e. The number of Topliss-reactive ketones (excluding diaryl/α,β-unsaturated/α-hetero) is 1. The summed E-state index contributed by atoms with van der Waals surface area (Å²) < 4.78 is 0. The summed E-state index contributed by atoms with van der Waals surface area (Å²) in [5.41, 5.74) is 1.69. The third-order valence-electron chi connectivity index (χ3n) is 2.55. The van der Waals surface area contributed by atoms with Crippen molar-refractivity contribution in [2.45, 2.75) is 40.0 Å². The fraction of sp³-hybridized carbons (Fsp3) is 0.538. The Morgan fingerprint density at radius 3 is 2.73 bits per heavy atom. The van der Waals surface area contributed by atoms with Gasteiger partial charge in [0.1, 0.15) is 0 Å². The van der Waals surface area contributed by atoms with Gasteiger partial charge in [-0.2, -0.15) is 0 Å². The monoisotopic (exact) mass is 205 g/mol. The number of rotatable bonds is 5. The van der Waals surface area contributed by atoms with E-state index in [-0.39, 0.29) is 5.78 Å². The lowest BCUT2D eigenvalue weighted by Crippen LogP contribution is -2.06. The number of aromatic nitrogens is 1. The highest BCUT2D eigenvalue weighted by molar-refractivity contribution is 5.95. The molecule has 0 aliphatic rings. The second-order valence-corrected chi connectivity index (χ2v) is 4.21. The minimum atomic E-state index is 0.212. The van der Waals surface area contributed by atoms with Crippen LogP contribution in [0.3, 0.4) is 0 Å². The number of carbonyl (C=O) groups excluding carboxylic acids is 1. The van der Waals surface area contributed by atoms with Crippen molar-refractivity contribution in [2.24, 2.45) is 5.92 Å². The van der Waals surface area contributed by atoms with Gasteiger partial charge in [0.2, 0.25) is 0 Å². The van der Waals surface area contributed by atoms with Crippen LogP contribution in [0.5, 0.6) is 0 Å². The molecule has 1 aromatic rings.